The third-order valence-electron chi connectivity index (χ3n) is 4.32. The van der Waals surface area contributed by atoms with Crippen molar-refractivity contribution in [3.63, 3.8) is 0 Å². The van der Waals surface area contributed by atoms with Crippen LogP contribution in [-0.2, 0) is 25.2 Å². The Balaban J connectivity index is 2.38. The van der Waals surface area contributed by atoms with Crippen LogP contribution in [0.4, 0.5) is 26.3 Å². The number of methoxy groups -OCH3 is 1. The van der Waals surface area contributed by atoms with Gasteiger partial charge in [0.15, 0.2) is 0 Å². The molecule has 0 spiro atoms. The van der Waals surface area contributed by atoms with Crippen LogP contribution in [0.1, 0.15) is 17.0 Å². The Morgan fingerprint density at radius 1 is 1.32 bits per heavy atom. The number of halogens is 6. The lowest BCUT2D eigenvalue weighted by molar-refractivity contribution is -0.142. The van der Waals surface area contributed by atoms with E-state index in [9.17, 15) is 35.9 Å². The molecule has 28 heavy (non-hydrogen) atoms. The molecule has 0 aromatic heterocycles. The van der Waals surface area contributed by atoms with Crippen molar-refractivity contribution in [2.24, 2.45) is 0 Å². The van der Waals surface area contributed by atoms with E-state index in [1.54, 1.807) is 0 Å². The van der Waals surface area contributed by atoms with Crippen LogP contribution in [0.2, 0.25) is 0 Å². The topological polar surface area (TPSA) is 64.6 Å². The van der Waals surface area contributed by atoms with Gasteiger partial charge in [0.1, 0.15) is 24.9 Å². The van der Waals surface area contributed by atoms with Gasteiger partial charge in [0.05, 0.1) is 41.1 Å². The molecule has 5 nitrogen and oxygen atoms in total. The van der Waals surface area contributed by atoms with Crippen LogP contribution in [0.5, 0.6) is 0 Å². The van der Waals surface area contributed by atoms with Crippen molar-refractivity contribution in [2.45, 2.75) is 12.1 Å². The molecule has 1 aromatic rings. The second-order valence-corrected chi connectivity index (χ2v) is 5.89. The van der Waals surface area contributed by atoms with Gasteiger partial charge in [-0.3, -0.25) is 0 Å². The van der Waals surface area contributed by atoms with E-state index in [0.717, 1.165) is 7.11 Å². The van der Waals surface area contributed by atoms with Crippen molar-refractivity contribution in [2.75, 3.05) is 20.4 Å². The minimum absolute atomic E-state index is 0.0211. The van der Waals surface area contributed by atoms with E-state index in [-0.39, 0.29) is 11.8 Å². The molecular weight excluding hydrogens is 396 g/mol. The Morgan fingerprint density at radius 2 is 2.00 bits per heavy atom. The number of hydrogen-bond donors (Lipinski definition) is 1. The molecule has 2 aliphatic heterocycles. The van der Waals surface area contributed by atoms with Gasteiger partial charge in [0.25, 0.3) is 0 Å². The molecule has 0 saturated heterocycles. The van der Waals surface area contributed by atoms with Gasteiger partial charge in [0, 0.05) is 6.07 Å². The molecule has 0 unspecified atom stereocenters. The molecule has 2 heterocycles. The first-order chi connectivity index (χ1) is 13.1. The zero-order chi connectivity index (χ0) is 20.8. The lowest BCUT2D eigenvalue weighted by Gasteiger charge is -2.29. The predicted octanol–water partition coefficient (Wildman–Crippen LogP) is 2.88. The second kappa shape index (κ2) is 6.88. The molecule has 0 radical (unpaired) electrons. The average molecular weight is 407 g/mol. The highest BCUT2D eigenvalue weighted by atomic mass is 19.4. The minimum atomic E-state index is -5.29. The Hall–Kier alpha value is -2.98. The predicted molar refractivity (Wildman–Crippen MR) is 80.2 cm³/mol. The molecule has 0 aliphatic carbocycles. The molecule has 11 heteroatoms. The third kappa shape index (κ3) is 3.10. The van der Waals surface area contributed by atoms with E-state index in [1.807, 2.05) is 0 Å². The van der Waals surface area contributed by atoms with Crippen molar-refractivity contribution in [3.8, 4) is 0 Å². The smallest absolute Gasteiger partial charge is 0.419 e. The zero-order valence-electron chi connectivity index (χ0n) is 14.0. The normalized spacial score (nSPS) is 19.4. The van der Waals surface area contributed by atoms with Crippen LogP contribution in [0.15, 0.2) is 34.7 Å². The third-order valence-corrected chi connectivity index (χ3v) is 4.32. The highest BCUT2D eigenvalue weighted by Crippen LogP contribution is 2.46. The van der Waals surface area contributed by atoms with E-state index in [0.29, 0.717) is 6.07 Å². The number of allylic oxidation sites excluding steroid dienone is 1. The summed E-state index contributed by atoms with van der Waals surface area (Å²) in [6, 6.07) is 0.365. The number of esters is 2. The van der Waals surface area contributed by atoms with E-state index in [4.69, 9.17) is 4.74 Å². The van der Waals surface area contributed by atoms with Crippen LogP contribution < -0.4 is 5.32 Å². The number of dihydropyridines is 1. The first-order valence-electron chi connectivity index (χ1n) is 7.70. The molecule has 3 rings (SSSR count). The fourth-order valence-corrected chi connectivity index (χ4v) is 3.27. The minimum Gasteiger partial charge on any atom is -0.466 e. The molecule has 0 saturated carbocycles. The van der Waals surface area contributed by atoms with Gasteiger partial charge in [-0.1, -0.05) is 0 Å². The second-order valence-electron chi connectivity index (χ2n) is 5.89. The number of alkyl halides is 4. The molecule has 1 N–H and O–H groups in total. The standard InChI is InChI=1S/C17H11F6NO4/c1-27-15(25)12-9(4-18)24-10-5-28-16(26)13(10)11(12)7-2-6(19)3-8(20)14(7)17(21,22)23/h2-3,11,24H,4-5H2,1H3/t11-/m0/s1. The summed E-state index contributed by atoms with van der Waals surface area (Å²) in [5.74, 6) is -7.64. The molecule has 0 fully saturated rings. The largest absolute Gasteiger partial charge is 0.466 e. The van der Waals surface area contributed by atoms with Gasteiger partial charge >= 0.3 is 18.1 Å². The summed E-state index contributed by atoms with van der Waals surface area (Å²) in [6.45, 7) is -1.77. The molecule has 150 valence electrons. The van der Waals surface area contributed by atoms with Crippen LogP contribution in [-0.4, -0.2) is 32.3 Å². The summed E-state index contributed by atoms with van der Waals surface area (Å²) in [4.78, 5) is 24.3. The SMILES string of the molecule is COC(=O)C1=C(CF)NC2=C(C(=O)OC2)[C@H]1c1cc(F)cc(F)c1C(F)(F)F. The quantitative estimate of drug-likeness (QED) is 0.617. The zero-order valence-corrected chi connectivity index (χ0v) is 14.0. The summed E-state index contributed by atoms with van der Waals surface area (Å²) in [6.07, 6.45) is -5.29. The van der Waals surface area contributed by atoms with E-state index in [2.05, 4.69) is 10.1 Å². The number of benzene rings is 1. The number of carbonyl (C=O) groups is 2. The van der Waals surface area contributed by atoms with Crippen LogP contribution in [0.25, 0.3) is 0 Å². The molecular formula is C17H11F6NO4. The molecule has 1 atom stereocenters. The van der Waals surface area contributed by atoms with Gasteiger partial charge in [-0.05, 0) is 11.6 Å². The van der Waals surface area contributed by atoms with Crippen molar-refractivity contribution in [1.82, 2.24) is 5.32 Å². The highest BCUT2D eigenvalue weighted by molar-refractivity contribution is 6.01. The lowest BCUT2D eigenvalue weighted by atomic mass is 9.78. The summed E-state index contributed by atoms with van der Waals surface area (Å²) in [7, 11) is 0.885. The summed E-state index contributed by atoms with van der Waals surface area (Å²) < 4.78 is 91.2. The molecule has 0 amide bonds. The monoisotopic (exact) mass is 407 g/mol. The van der Waals surface area contributed by atoms with Crippen molar-refractivity contribution in [1.29, 1.82) is 0 Å². The Morgan fingerprint density at radius 3 is 2.57 bits per heavy atom. The number of ether oxygens (including phenoxy) is 2. The maximum Gasteiger partial charge on any atom is 0.419 e. The van der Waals surface area contributed by atoms with Gasteiger partial charge in [0.2, 0.25) is 0 Å². The van der Waals surface area contributed by atoms with E-state index < -0.39 is 76.9 Å². The average Bonchev–Trinajstić information content (AvgIpc) is 2.98. The maximum absolute atomic E-state index is 14.1. The lowest BCUT2D eigenvalue weighted by Crippen LogP contribution is -2.33. The molecule has 0 bridgehead atoms. The fourth-order valence-electron chi connectivity index (χ4n) is 3.27. The maximum atomic E-state index is 14.1. The van der Waals surface area contributed by atoms with Gasteiger partial charge < -0.3 is 14.8 Å². The Labute approximate surface area is 153 Å². The van der Waals surface area contributed by atoms with E-state index >= 15 is 0 Å². The summed E-state index contributed by atoms with van der Waals surface area (Å²) in [5.41, 5.74) is -4.73. The molecule has 1 aromatic carbocycles. The van der Waals surface area contributed by atoms with Crippen LogP contribution in [0.3, 0.4) is 0 Å². The number of cyclic esters (lactones) is 1. The van der Waals surface area contributed by atoms with Crippen molar-refractivity contribution in [3.05, 3.63) is 57.4 Å². The molecule has 2 aliphatic rings. The van der Waals surface area contributed by atoms with Crippen LogP contribution in [0, 0.1) is 11.6 Å². The number of carbonyl (C=O) groups excluding carboxylic acids is 2. The number of nitrogens with one attached hydrogen (secondary N) is 1. The van der Waals surface area contributed by atoms with Gasteiger partial charge in [-0.2, -0.15) is 13.2 Å². The fraction of sp³-hybridized carbons (Fsp3) is 0.294. The number of hydrogen-bond acceptors (Lipinski definition) is 5. The number of rotatable bonds is 3. The highest BCUT2D eigenvalue weighted by Gasteiger charge is 2.47. The van der Waals surface area contributed by atoms with E-state index in [1.165, 1.54) is 0 Å². The Bertz CT molecular complexity index is 934. The van der Waals surface area contributed by atoms with Crippen LogP contribution >= 0.6 is 0 Å². The summed E-state index contributed by atoms with van der Waals surface area (Å²) in [5, 5.41) is 2.42. The van der Waals surface area contributed by atoms with Gasteiger partial charge in [-0.25, -0.2) is 22.8 Å². The Kier molecular flexibility index (Phi) is 4.86. The first-order valence-corrected chi connectivity index (χ1v) is 7.70. The van der Waals surface area contributed by atoms with Crippen molar-refractivity contribution < 1.29 is 45.4 Å². The first kappa shape index (κ1) is 19.8. The van der Waals surface area contributed by atoms with Gasteiger partial charge in [-0.15, -0.1) is 0 Å². The summed E-state index contributed by atoms with van der Waals surface area (Å²) >= 11 is 0. The van der Waals surface area contributed by atoms with Crippen molar-refractivity contribution >= 4 is 11.9 Å².